The summed E-state index contributed by atoms with van der Waals surface area (Å²) in [6.07, 6.45) is 5.13. The Balaban J connectivity index is 2.03. The highest BCUT2D eigenvalue weighted by Gasteiger charge is 2.16. The number of anilines is 1. The molecule has 5 nitrogen and oxygen atoms in total. The molecular formula is C13H20N4O. The van der Waals surface area contributed by atoms with Gasteiger partial charge >= 0.3 is 0 Å². The zero-order valence-electron chi connectivity index (χ0n) is 10.6. The Morgan fingerprint density at radius 1 is 1.28 bits per heavy atom. The molecule has 2 heterocycles. The van der Waals surface area contributed by atoms with Gasteiger partial charge in [0.15, 0.2) is 0 Å². The maximum Gasteiger partial charge on any atom is 0.222 e. The molecule has 0 aromatic carbocycles. The summed E-state index contributed by atoms with van der Waals surface area (Å²) >= 11 is 0. The van der Waals surface area contributed by atoms with Crippen molar-refractivity contribution in [3.05, 3.63) is 23.9 Å². The fourth-order valence-electron chi connectivity index (χ4n) is 2.23. The average molecular weight is 248 g/mol. The first-order valence-corrected chi connectivity index (χ1v) is 6.50. The second-order valence-corrected chi connectivity index (χ2v) is 4.64. The summed E-state index contributed by atoms with van der Waals surface area (Å²) in [4.78, 5) is 18.2. The molecule has 1 saturated heterocycles. The van der Waals surface area contributed by atoms with E-state index in [1.807, 2.05) is 17.0 Å². The molecule has 0 radical (unpaired) electrons. The van der Waals surface area contributed by atoms with Crippen molar-refractivity contribution in [2.24, 2.45) is 5.84 Å². The summed E-state index contributed by atoms with van der Waals surface area (Å²) in [6, 6.07) is 5.62. The van der Waals surface area contributed by atoms with Gasteiger partial charge in [-0.2, -0.15) is 0 Å². The highest BCUT2D eigenvalue weighted by molar-refractivity contribution is 5.76. The molecule has 0 saturated carbocycles. The van der Waals surface area contributed by atoms with Crippen molar-refractivity contribution in [3.63, 3.8) is 0 Å². The smallest absolute Gasteiger partial charge is 0.222 e. The molecule has 1 aromatic heterocycles. The lowest BCUT2D eigenvalue weighted by Crippen LogP contribution is -2.32. The molecule has 1 fully saturated rings. The van der Waals surface area contributed by atoms with Crippen molar-refractivity contribution >= 4 is 11.7 Å². The number of nitrogen functional groups attached to an aromatic ring is 1. The molecule has 1 aliphatic heterocycles. The third kappa shape index (κ3) is 3.43. The van der Waals surface area contributed by atoms with Crippen LogP contribution in [0, 0.1) is 0 Å². The Morgan fingerprint density at radius 2 is 2.11 bits per heavy atom. The second-order valence-electron chi connectivity index (χ2n) is 4.64. The van der Waals surface area contributed by atoms with E-state index in [4.69, 9.17) is 5.84 Å². The number of nitrogens with one attached hydrogen (secondary N) is 1. The van der Waals surface area contributed by atoms with Crippen molar-refractivity contribution in [2.45, 2.75) is 38.6 Å². The number of hydrazine groups is 1. The fraction of sp³-hybridized carbons (Fsp3) is 0.538. The molecule has 18 heavy (non-hydrogen) atoms. The molecule has 1 amide bonds. The molecule has 0 atom stereocenters. The standard InChI is InChI=1S/C13H20N4O/c14-16-12-7-5-6-11(15-12)10-17-9-4-2-1-3-8-13(17)18/h5-7H,1-4,8-10,14H2,(H,15,16). The molecule has 0 bridgehead atoms. The Kier molecular flexibility index (Phi) is 4.52. The monoisotopic (exact) mass is 248 g/mol. The van der Waals surface area contributed by atoms with Gasteiger partial charge in [0.2, 0.25) is 5.91 Å². The number of pyridine rings is 1. The summed E-state index contributed by atoms with van der Waals surface area (Å²) < 4.78 is 0. The molecular weight excluding hydrogens is 228 g/mol. The van der Waals surface area contributed by atoms with Gasteiger partial charge in [-0.25, -0.2) is 10.8 Å². The van der Waals surface area contributed by atoms with Crippen LogP contribution in [0.1, 0.15) is 37.8 Å². The largest absolute Gasteiger partial charge is 0.337 e. The third-order valence-electron chi connectivity index (χ3n) is 3.23. The molecule has 3 N–H and O–H groups in total. The van der Waals surface area contributed by atoms with Gasteiger partial charge in [0, 0.05) is 13.0 Å². The van der Waals surface area contributed by atoms with Gasteiger partial charge in [0.25, 0.3) is 0 Å². The van der Waals surface area contributed by atoms with Crippen molar-refractivity contribution in [1.29, 1.82) is 0 Å². The minimum Gasteiger partial charge on any atom is -0.337 e. The highest BCUT2D eigenvalue weighted by atomic mass is 16.2. The summed E-state index contributed by atoms with van der Waals surface area (Å²) in [7, 11) is 0. The Hall–Kier alpha value is -1.62. The number of hydrogen-bond acceptors (Lipinski definition) is 4. The van der Waals surface area contributed by atoms with Crippen LogP contribution in [0.15, 0.2) is 18.2 Å². The summed E-state index contributed by atoms with van der Waals surface area (Å²) in [5, 5.41) is 0. The van der Waals surface area contributed by atoms with E-state index in [2.05, 4.69) is 10.4 Å². The van der Waals surface area contributed by atoms with E-state index >= 15 is 0 Å². The van der Waals surface area contributed by atoms with Crippen LogP contribution >= 0.6 is 0 Å². The summed E-state index contributed by atoms with van der Waals surface area (Å²) in [5.74, 6) is 6.20. The van der Waals surface area contributed by atoms with Gasteiger partial charge < -0.3 is 10.3 Å². The molecule has 2 rings (SSSR count). The summed E-state index contributed by atoms with van der Waals surface area (Å²) in [6.45, 7) is 1.41. The van der Waals surface area contributed by atoms with Gasteiger partial charge in [0.05, 0.1) is 12.2 Å². The van der Waals surface area contributed by atoms with Crippen molar-refractivity contribution in [1.82, 2.24) is 9.88 Å². The molecule has 1 aromatic rings. The van der Waals surface area contributed by atoms with Crippen LogP contribution in [0.3, 0.4) is 0 Å². The number of carbonyl (C=O) groups excluding carboxylic acids is 1. The number of hydrogen-bond donors (Lipinski definition) is 2. The van der Waals surface area contributed by atoms with Crippen molar-refractivity contribution < 1.29 is 4.79 Å². The van der Waals surface area contributed by atoms with Gasteiger partial charge in [-0.05, 0) is 25.0 Å². The molecule has 98 valence electrons. The van der Waals surface area contributed by atoms with E-state index in [9.17, 15) is 4.79 Å². The minimum absolute atomic E-state index is 0.239. The van der Waals surface area contributed by atoms with E-state index in [1.54, 1.807) is 6.07 Å². The fourth-order valence-corrected chi connectivity index (χ4v) is 2.23. The SMILES string of the molecule is NNc1cccc(CN2CCCCCCC2=O)n1. The lowest BCUT2D eigenvalue weighted by atomic mass is 10.1. The van der Waals surface area contributed by atoms with Crippen molar-refractivity contribution in [2.75, 3.05) is 12.0 Å². The first kappa shape index (κ1) is 12.8. The van der Waals surface area contributed by atoms with Gasteiger partial charge in [-0.3, -0.25) is 4.79 Å². The number of rotatable bonds is 3. The van der Waals surface area contributed by atoms with Crippen LogP contribution in [0.2, 0.25) is 0 Å². The lowest BCUT2D eigenvalue weighted by molar-refractivity contribution is -0.132. The Bertz CT molecular complexity index is 408. The van der Waals surface area contributed by atoms with Crippen LogP contribution < -0.4 is 11.3 Å². The maximum absolute atomic E-state index is 12.0. The van der Waals surface area contributed by atoms with E-state index in [0.717, 1.165) is 25.1 Å². The number of nitrogens with two attached hydrogens (primary N) is 1. The normalized spacial score (nSPS) is 17.2. The van der Waals surface area contributed by atoms with Gasteiger partial charge in [0.1, 0.15) is 5.82 Å². The first-order valence-electron chi connectivity index (χ1n) is 6.50. The molecule has 0 aliphatic carbocycles. The van der Waals surface area contributed by atoms with Crippen LogP contribution in [0.4, 0.5) is 5.82 Å². The average Bonchev–Trinajstić information content (AvgIpc) is 2.39. The van der Waals surface area contributed by atoms with Crippen LogP contribution in [0.25, 0.3) is 0 Å². The number of nitrogens with zero attached hydrogens (tertiary/aromatic N) is 2. The maximum atomic E-state index is 12.0. The second kappa shape index (κ2) is 6.35. The van der Waals surface area contributed by atoms with Crippen LogP contribution in [-0.2, 0) is 11.3 Å². The number of carbonyl (C=O) groups is 1. The topological polar surface area (TPSA) is 71.2 Å². The predicted octanol–water partition coefficient (Wildman–Crippen LogP) is 1.66. The number of likely N-dealkylation sites (tertiary alicyclic amines) is 1. The van der Waals surface area contributed by atoms with E-state index < -0.39 is 0 Å². The number of aromatic nitrogens is 1. The summed E-state index contributed by atoms with van der Waals surface area (Å²) in [5.41, 5.74) is 3.40. The third-order valence-corrected chi connectivity index (χ3v) is 3.23. The number of amides is 1. The highest BCUT2D eigenvalue weighted by Crippen LogP contribution is 2.14. The van der Waals surface area contributed by atoms with Crippen LogP contribution in [0.5, 0.6) is 0 Å². The zero-order chi connectivity index (χ0) is 12.8. The van der Waals surface area contributed by atoms with Gasteiger partial charge in [-0.1, -0.05) is 18.9 Å². The van der Waals surface area contributed by atoms with Gasteiger partial charge in [-0.15, -0.1) is 0 Å². The van der Waals surface area contributed by atoms with Crippen LogP contribution in [-0.4, -0.2) is 22.3 Å². The zero-order valence-corrected chi connectivity index (χ0v) is 10.6. The van der Waals surface area contributed by atoms with E-state index in [-0.39, 0.29) is 5.91 Å². The quantitative estimate of drug-likeness (QED) is 0.630. The predicted molar refractivity (Wildman–Crippen MR) is 70.5 cm³/mol. The lowest BCUT2D eigenvalue weighted by Gasteiger charge is -2.24. The van der Waals surface area contributed by atoms with E-state index in [1.165, 1.54) is 12.8 Å². The first-order chi connectivity index (χ1) is 8.79. The minimum atomic E-state index is 0.239. The molecule has 1 aliphatic rings. The molecule has 0 spiro atoms. The molecule has 5 heteroatoms. The Labute approximate surface area is 107 Å². The van der Waals surface area contributed by atoms with E-state index in [0.29, 0.717) is 18.8 Å². The Morgan fingerprint density at radius 3 is 2.94 bits per heavy atom. The van der Waals surface area contributed by atoms with Crippen molar-refractivity contribution in [3.8, 4) is 0 Å². The molecule has 0 unspecified atom stereocenters.